The molecule has 0 amide bonds. The first kappa shape index (κ1) is 12.3. The summed E-state index contributed by atoms with van der Waals surface area (Å²) in [7, 11) is 0. The van der Waals surface area contributed by atoms with Gasteiger partial charge in [0.15, 0.2) is 0 Å². The van der Waals surface area contributed by atoms with Crippen LogP contribution in [0.15, 0.2) is 23.0 Å². The third-order valence-corrected chi connectivity index (χ3v) is 3.88. The van der Waals surface area contributed by atoms with E-state index in [1.54, 1.807) is 6.20 Å². The highest BCUT2D eigenvalue weighted by atomic mass is 16.5. The molecule has 2 aromatic heterocycles. The summed E-state index contributed by atoms with van der Waals surface area (Å²) in [5.74, 6) is 2.33. The summed E-state index contributed by atoms with van der Waals surface area (Å²) in [6.07, 6.45) is 4.55. The first-order valence-corrected chi connectivity index (χ1v) is 6.77. The molecule has 0 spiro atoms. The summed E-state index contributed by atoms with van der Waals surface area (Å²) in [6.45, 7) is 6.32. The van der Waals surface area contributed by atoms with E-state index >= 15 is 0 Å². The van der Waals surface area contributed by atoms with E-state index < -0.39 is 0 Å². The molecule has 1 unspecified atom stereocenters. The fourth-order valence-corrected chi connectivity index (χ4v) is 2.32. The van der Waals surface area contributed by atoms with Crippen LogP contribution >= 0.6 is 0 Å². The van der Waals surface area contributed by atoms with Crippen LogP contribution in [0.1, 0.15) is 31.2 Å². The molecule has 0 bridgehead atoms. The fourth-order valence-electron chi connectivity index (χ4n) is 2.32. The molecule has 1 saturated heterocycles. The molecule has 1 atom stereocenters. The predicted molar refractivity (Wildman–Crippen MR) is 71.7 cm³/mol. The van der Waals surface area contributed by atoms with E-state index in [4.69, 9.17) is 4.52 Å². The van der Waals surface area contributed by atoms with Crippen molar-refractivity contribution in [3.63, 3.8) is 0 Å². The Hall–Kier alpha value is -1.75. The van der Waals surface area contributed by atoms with E-state index in [-0.39, 0.29) is 0 Å². The molecule has 0 saturated carbocycles. The molecule has 100 valence electrons. The maximum absolute atomic E-state index is 5.43. The van der Waals surface area contributed by atoms with Gasteiger partial charge in [-0.15, -0.1) is 0 Å². The summed E-state index contributed by atoms with van der Waals surface area (Å²) in [4.78, 5) is 8.70. The number of nitrogens with one attached hydrogen (secondary N) is 1. The molecule has 0 radical (unpaired) electrons. The maximum atomic E-state index is 5.43. The van der Waals surface area contributed by atoms with Crippen LogP contribution in [0.2, 0.25) is 0 Å². The molecule has 0 aliphatic carbocycles. The van der Waals surface area contributed by atoms with Crippen LogP contribution in [0.3, 0.4) is 0 Å². The number of hydrogen-bond donors (Lipinski definition) is 1. The van der Waals surface area contributed by atoms with Crippen LogP contribution in [0.5, 0.6) is 0 Å². The summed E-state index contributed by atoms with van der Waals surface area (Å²) in [5.41, 5.74) is 2.17. The third-order valence-electron chi connectivity index (χ3n) is 3.88. The highest BCUT2D eigenvalue weighted by Gasteiger charge is 2.29. The van der Waals surface area contributed by atoms with Gasteiger partial charge in [-0.05, 0) is 37.1 Å². The number of hydrogen-bond acceptors (Lipinski definition) is 5. The number of pyridine rings is 1. The molecule has 3 rings (SSSR count). The van der Waals surface area contributed by atoms with Crippen molar-refractivity contribution in [2.24, 2.45) is 5.92 Å². The predicted octanol–water partition coefficient (Wildman–Crippen LogP) is 2.02. The summed E-state index contributed by atoms with van der Waals surface area (Å²) in [6, 6.07) is 1.95. The highest BCUT2D eigenvalue weighted by Crippen LogP contribution is 2.28. The lowest BCUT2D eigenvalue weighted by atomic mass is 9.89. The first-order valence-electron chi connectivity index (χ1n) is 6.77. The van der Waals surface area contributed by atoms with Gasteiger partial charge < -0.3 is 9.84 Å². The van der Waals surface area contributed by atoms with Crippen LogP contribution in [0, 0.1) is 5.92 Å². The van der Waals surface area contributed by atoms with Gasteiger partial charge in [0.1, 0.15) is 0 Å². The molecule has 0 aromatic carbocycles. The van der Waals surface area contributed by atoms with Gasteiger partial charge in [-0.3, -0.25) is 4.98 Å². The van der Waals surface area contributed by atoms with Gasteiger partial charge in [0.05, 0.1) is 0 Å². The maximum Gasteiger partial charge on any atom is 0.230 e. The normalized spacial score (nSPS) is 17.2. The molecule has 5 nitrogen and oxygen atoms in total. The number of aromatic nitrogens is 3. The average molecular weight is 258 g/mol. The zero-order valence-corrected chi connectivity index (χ0v) is 11.3. The van der Waals surface area contributed by atoms with Crippen molar-refractivity contribution >= 4 is 0 Å². The van der Waals surface area contributed by atoms with Crippen LogP contribution in [0.25, 0.3) is 11.4 Å². The second-order valence-electron chi connectivity index (χ2n) is 5.05. The van der Waals surface area contributed by atoms with Crippen LogP contribution in [0.4, 0.5) is 0 Å². The van der Waals surface area contributed by atoms with Crippen molar-refractivity contribution < 1.29 is 4.52 Å². The zero-order chi connectivity index (χ0) is 13.2. The summed E-state index contributed by atoms with van der Waals surface area (Å²) >= 11 is 0. The number of rotatable bonds is 4. The van der Waals surface area contributed by atoms with Crippen LogP contribution in [-0.4, -0.2) is 28.2 Å². The number of nitrogens with zero attached hydrogens (tertiary/aromatic N) is 3. The van der Waals surface area contributed by atoms with E-state index in [2.05, 4.69) is 34.3 Å². The second-order valence-corrected chi connectivity index (χ2v) is 5.05. The van der Waals surface area contributed by atoms with Crippen molar-refractivity contribution in [3.05, 3.63) is 29.9 Å². The molecular weight excluding hydrogens is 240 g/mol. The van der Waals surface area contributed by atoms with Crippen molar-refractivity contribution in [1.82, 2.24) is 20.4 Å². The highest BCUT2D eigenvalue weighted by molar-refractivity contribution is 5.58. The Labute approximate surface area is 112 Å². The standard InChI is InChI=1S/C14H18N4O/c1-3-10-6-15-5-4-12(10)13-17-14(19-18-13)9(2)11-7-16-8-11/h4-6,9,11,16H,3,7-8H2,1-2H3. The SMILES string of the molecule is CCc1cnccc1-c1noc(C(C)C2CNC2)n1. The van der Waals surface area contributed by atoms with E-state index in [0.717, 1.165) is 36.5 Å². The van der Waals surface area contributed by atoms with Crippen LogP contribution < -0.4 is 5.32 Å². The van der Waals surface area contributed by atoms with Gasteiger partial charge >= 0.3 is 0 Å². The van der Waals surface area contributed by atoms with E-state index in [9.17, 15) is 0 Å². The van der Waals surface area contributed by atoms with Gasteiger partial charge in [0.25, 0.3) is 0 Å². The van der Waals surface area contributed by atoms with Gasteiger partial charge in [0, 0.05) is 23.9 Å². The van der Waals surface area contributed by atoms with E-state index in [1.165, 1.54) is 0 Å². The largest absolute Gasteiger partial charge is 0.339 e. The van der Waals surface area contributed by atoms with Crippen molar-refractivity contribution in [3.8, 4) is 11.4 Å². The lowest BCUT2D eigenvalue weighted by Gasteiger charge is -2.30. The molecule has 19 heavy (non-hydrogen) atoms. The van der Waals surface area contributed by atoms with Crippen molar-refractivity contribution in [1.29, 1.82) is 0 Å². The van der Waals surface area contributed by atoms with E-state index in [0.29, 0.717) is 17.7 Å². The monoisotopic (exact) mass is 258 g/mol. The molecule has 3 heterocycles. The molecule has 1 fully saturated rings. The zero-order valence-electron chi connectivity index (χ0n) is 11.3. The van der Waals surface area contributed by atoms with Crippen molar-refractivity contribution in [2.75, 3.05) is 13.1 Å². The van der Waals surface area contributed by atoms with E-state index in [1.807, 2.05) is 12.3 Å². The minimum atomic E-state index is 0.314. The quantitative estimate of drug-likeness (QED) is 0.909. The Morgan fingerprint density at radius 3 is 3.00 bits per heavy atom. The third kappa shape index (κ3) is 2.26. The molecule has 1 aliphatic heterocycles. The van der Waals surface area contributed by atoms with Crippen molar-refractivity contribution in [2.45, 2.75) is 26.2 Å². The minimum Gasteiger partial charge on any atom is -0.339 e. The van der Waals surface area contributed by atoms with Crippen LogP contribution in [-0.2, 0) is 6.42 Å². The Morgan fingerprint density at radius 2 is 2.32 bits per heavy atom. The smallest absolute Gasteiger partial charge is 0.230 e. The summed E-state index contributed by atoms with van der Waals surface area (Å²) in [5, 5.41) is 7.39. The lowest BCUT2D eigenvalue weighted by Crippen LogP contribution is -2.44. The minimum absolute atomic E-state index is 0.314. The Balaban J connectivity index is 1.88. The molecule has 5 heteroatoms. The molecule has 1 aliphatic rings. The number of aryl methyl sites for hydroxylation is 1. The average Bonchev–Trinajstić information content (AvgIpc) is 2.86. The Morgan fingerprint density at radius 1 is 1.47 bits per heavy atom. The van der Waals surface area contributed by atoms with Gasteiger partial charge in [-0.25, -0.2) is 0 Å². The molecular formula is C14H18N4O. The second kappa shape index (κ2) is 5.09. The molecule has 1 N–H and O–H groups in total. The lowest BCUT2D eigenvalue weighted by molar-refractivity contribution is 0.252. The van der Waals surface area contributed by atoms with Gasteiger partial charge in [-0.2, -0.15) is 4.98 Å². The molecule has 2 aromatic rings. The summed E-state index contributed by atoms with van der Waals surface area (Å²) < 4.78 is 5.43. The first-order chi connectivity index (χ1) is 9.29. The Kier molecular flexibility index (Phi) is 3.29. The van der Waals surface area contributed by atoms with Gasteiger partial charge in [0.2, 0.25) is 11.7 Å². The fraction of sp³-hybridized carbons (Fsp3) is 0.500. The van der Waals surface area contributed by atoms with Gasteiger partial charge in [-0.1, -0.05) is 19.0 Å². The Bertz CT molecular complexity index is 562. The topological polar surface area (TPSA) is 63.8 Å².